The molecule has 0 atom stereocenters. The third-order valence-electron chi connectivity index (χ3n) is 5.51. The highest BCUT2D eigenvalue weighted by atomic mass is 15.0. The quantitative estimate of drug-likeness (QED) is 0.403. The molecule has 0 bridgehead atoms. The number of hydrogen-bond donors (Lipinski definition) is 4. The molecule has 2 aromatic carbocycles. The van der Waals surface area contributed by atoms with E-state index in [-0.39, 0.29) is 0 Å². The van der Waals surface area contributed by atoms with E-state index in [1.165, 1.54) is 0 Å². The van der Waals surface area contributed by atoms with Crippen molar-refractivity contribution in [3.05, 3.63) is 83.2 Å². The summed E-state index contributed by atoms with van der Waals surface area (Å²) in [5, 5.41) is 0. The number of aromatic amines is 2. The standard InChI is InChI=1S/C23H22N4/c1-13-3-9-21(26-13)15-5-7-17-18-8-6-16(22-10-4-14(2)27-22)12-20(18)23(24,25)19(17)11-15/h3-12,26-27H,24-25H2,1-2H3. The molecule has 0 aliphatic heterocycles. The molecule has 1 aliphatic carbocycles. The van der Waals surface area contributed by atoms with E-state index < -0.39 is 5.66 Å². The molecule has 5 rings (SSSR count). The Morgan fingerprint density at radius 2 is 1.07 bits per heavy atom. The number of aryl methyl sites for hydroxylation is 2. The largest absolute Gasteiger partial charge is 0.359 e. The molecule has 0 fully saturated rings. The van der Waals surface area contributed by atoms with Gasteiger partial charge in [0.25, 0.3) is 0 Å². The van der Waals surface area contributed by atoms with Gasteiger partial charge in [-0.1, -0.05) is 24.3 Å². The fraction of sp³-hybridized carbons (Fsp3) is 0.130. The highest BCUT2D eigenvalue weighted by Gasteiger charge is 2.37. The summed E-state index contributed by atoms with van der Waals surface area (Å²) < 4.78 is 0. The Morgan fingerprint density at radius 3 is 1.44 bits per heavy atom. The van der Waals surface area contributed by atoms with Crippen LogP contribution in [0.3, 0.4) is 0 Å². The van der Waals surface area contributed by atoms with Crippen molar-refractivity contribution < 1.29 is 0 Å². The lowest BCUT2D eigenvalue weighted by Gasteiger charge is -2.22. The molecule has 0 amide bonds. The van der Waals surface area contributed by atoms with E-state index in [9.17, 15) is 0 Å². The fourth-order valence-electron chi connectivity index (χ4n) is 4.07. The van der Waals surface area contributed by atoms with Gasteiger partial charge in [0, 0.05) is 22.8 Å². The molecular formula is C23H22N4. The van der Waals surface area contributed by atoms with Gasteiger partial charge >= 0.3 is 0 Å². The molecule has 1 aliphatic rings. The molecule has 0 radical (unpaired) electrons. The molecule has 0 saturated heterocycles. The highest BCUT2D eigenvalue weighted by molar-refractivity contribution is 5.85. The van der Waals surface area contributed by atoms with Crippen LogP contribution in [0.15, 0.2) is 60.7 Å². The summed E-state index contributed by atoms with van der Waals surface area (Å²) in [4.78, 5) is 6.76. The van der Waals surface area contributed by atoms with E-state index in [4.69, 9.17) is 11.5 Å². The number of fused-ring (bicyclic) bond motifs is 3. The summed E-state index contributed by atoms with van der Waals surface area (Å²) >= 11 is 0. The smallest absolute Gasteiger partial charge is 0.118 e. The second-order valence-corrected chi connectivity index (χ2v) is 7.50. The van der Waals surface area contributed by atoms with E-state index in [2.05, 4.69) is 70.6 Å². The number of rotatable bonds is 2. The molecule has 4 heteroatoms. The van der Waals surface area contributed by atoms with Crippen molar-refractivity contribution in [3.63, 3.8) is 0 Å². The van der Waals surface area contributed by atoms with Crippen molar-refractivity contribution in [3.8, 4) is 33.6 Å². The van der Waals surface area contributed by atoms with Crippen LogP contribution < -0.4 is 11.5 Å². The van der Waals surface area contributed by atoms with Gasteiger partial charge in [0.1, 0.15) is 5.66 Å². The van der Waals surface area contributed by atoms with Gasteiger partial charge < -0.3 is 21.4 Å². The van der Waals surface area contributed by atoms with Crippen LogP contribution in [-0.4, -0.2) is 9.97 Å². The molecule has 134 valence electrons. The number of aromatic nitrogens is 2. The summed E-state index contributed by atoms with van der Waals surface area (Å²) in [6.45, 7) is 4.10. The van der Waals surface area contributed by atoms with Crippen LogP contribution in [0.2, 0.25) is 0 Å². The third-order valence-corrected chi connectivity index (χ3v) is 5.51. The molecule has 0 spiro atoms. The maximum atomic E-state index is 6.66. The van der Waals surface area contributed by atoms with Crippen LogP contribution in [0.4, 0.5) is 0 Å². The van der Waals surface area contributed by atoms with Crippen LogP contribution in [0.25, 0.3) is 33.6 Å². The number of H-pyrrole nitrogens is 2. The predicted molar refractivity (Wildman–Crippen MR) is 110 cm³/mol. The normalized spacial score (nSPS) is 14.2. The Morgan fingerprint density at radius 1 is 0.630 bits per heavy atom. The first-order chi connectivity index (χ1) is 12.9. The summed E-state index contributed by atoms with van der Waals surface area (Å²) in [6, 6.07) is 21.0. The Labute approximate surface area is 158 Å². The van der Waals surface area contributed by atoms with Gasteiger partial charge in [-0.25, -0.2) is 0 Å². The van der Waals surface area contributed by atoms with Crippen molar-refractivity contribution in [1.82, 2.24) is 9.97 Å². The lowest BCUT2D eigenvalue weighted by molar-refractivity contribution is 0.584. The summed E-state index contributed by atoms with van der Waals surface area (Å²) in [7, 11) is 0. The summed E-state index contributed by atoms with van der Waals surface area (Å²) in [5.74, 6) is 0. The monoisotopic (exact) mass is 354 g/mol. The molecule has 0 saturated carbocycles. The van der Waals surface area contributed by atoms with Crippen LogP contribution in [0.1, 0.15) is 22.5 Å². The SMILES string of the molecule is Cc1ccc(-c2ccc3c(c2)C(N)(N)c2cc(-c4ccc(C)[nH]4)ccc2-3)[nH]1. The first kappa shape index (κ1) is 16.1. The van der Waals surface area contributed by atoms with Gasteiger partial charge in [0.15, 0.2) is 0 Å². The van der Waals surface area contributed by atoms with Crippen LogP contribution in [-0.2, 0) is 5.66 Å². The molecule has 27 heavy (non-hydrogen) atoms. The molecule has 4 nitrogen and oxygen atoms in total. The van der Waals surface area contributed by atoms with Gasteiger partial charge in [-0.05, 0) is 83.6 Å². The third kappa shape index (κ3) is 2.38. The molecule has 2 aromatic heterocycles. The average Bonchev–Trinajstić information content (AvgIpc) is 3.33. The zero-order valence-corrected chi connectivity index (χ0v) is 15.4. The van der Waals surface area contributed by atoms with Crippen LogP contribution in [0, 0.1) is 13.8 Å². The number of nitrogens with one attached hydrogen (secondary N) is 2. The summed E-state index contributed by atoms with van der Waals surface area (Å²) in [6.07, 6.45) is 0. The molecule has 2 heterocycles. The Hall–Kier alpha value is -3.08. The first-order valence-corrected chi connectivity index (χ1v) is 9.12. The van der Waals surface area contributed by atoms with Crippen molar-refractivity contribution in [2.75, 3.05) is 0 Å². The lowest BCUT2D eigenvalue weighted by Crippen LogP contribution is -2.45. The first-order valence-electron chi connectivity index (χ1n) is 9.12. The van der Waals surface area contributed by atoms with E-state index in [0.717, 1.165) is 56.2 Å². The van der Waals surface area contributed by atoms with E-state index in [0.29, 0.717) is 0 Å². The Bertz CT molecular complexity index is 1090. The maximum absolute atomic E-state index is 6.66. The van der Waals surface area contributed by atoms with Gasteiger partial charge in [-0.15, -0.1) is 0 Å². The van der Waals surface area contributed by atoms with Gasteiger partial charge in [0.05, 0.1) is 0 Å². The van der Waals surface area contributed by atoms with E-state index in [1.54, 1.807) is 0 Å². The Kier molecular flexibility index (Phi) is 3.26. The van der Waals surface area contributed by atoms with E-state index in [1.807, 2.05) is 13.8 Å². The fourth-order valence-corrected chi connectivity index (χ4v) is 4.07. The second-order valence-electron chi connectivity index (χ2n) is 7.50. The number of hydrogen-bond acceptors (Lipinski definition) is 2. The molecule has 4 aromatic rings. The minimum atomic E-state index is -1.01. The van der Waals surface area contributed by atoms with Gasteiger partial charge in [-0.2, -0.15) is 0 Å². The zero-order chi connectivity index (χ0) is 18.8. The minimum absolute atomic E-state index is 0.960. The van der Waals surface area contributed by atoms with Crippen molar-refractivity contribution in [2.24, 2.45) is 11.5 Å². The predicted octanol–water partition coefficient (Wildman–Crippen LogP) is 4.39. The summed E-state index contributed by atoms with van der Waals surface area (Å²) in [5.41, 5.74) is 23.0. The van der Waals surface area contributed by atoms with Gasteiger partial charge in [-0.3, -0.25) is 0 Å². The lowest BCUT2D eigenvalue weighted by atomic mass is 9.96. The molecular weight excluding hydrogens is 332 g/mol. The zero-order valence-electron chi connectivity index (χ0n) is 15.4. The average molecular weight is 354 g/mol. The maximum Gasteiger partial charge on any atom is 0.118 e. The number of benzene rings is 2. The highest BCUT2D eigenvalue weighted by Crippen LogP contribution is 2.45. The van der Waals surface area contributed by atoms with Crippen LogP contribution >= 0.6 is 0 Å². The van der Waals surface area contributed by atoms with Crippen molar-refractivity contribution in [1.29, 1.82) is 0 Å². The molecule has 6 N–H and O–H groups in total. The van der Waals surface area contributed by atoms with E-state index >= 15 is 0 Å². The minimum Gasteiger partial charge on any atom is -0.359 e. The molecule has 0 unspecified atom stereocenters. The van der Waals surface area contributed by atoms with Gasteiger partial charge in [0.2, 0.25) is 0 Å². The van der Waals surface area contributed by atoms with Crippen molar-refractivity contribution >= 4 is 0 Å². The second kappa shape index (κ2) is 5.46. The van der Waals surface area contributed by atoms with Crippen molar-refractivity contribution in [2.45, 2.75) is 19.5 Å². The topological polar surface area (TPSA) is 83.6 Å². The van der Waals surface area contributed by atoms with Crippen LogP contribution in [0.5, 0.6) is 0 Å². The number of nitrogens with two attached hydrogens (primary N) is 2. The Balaban J connectivity index is 1.64.